The Morgan fingerprint density at radius 2 is 1.77 bits per heavy atom. The smallest absolute Gasteiger partial charge is 0.128 e. The minimum atomic E-state index is 0.640. The monoisotopic (exact) mass is 419 g/mol. The predicted octanol–water partition coefficient (Wildman–Crippen LogP) is 4.01. The lowest BCUT2D eigenvalue weighted by Crippen LogP contribution is -2.47. The molecule has 0 bridgehead atoms. The van der Waals surface area contributed by atoms with E-state index in [-0.39, 0.29) is 0 Å². The van der Waals surface area contributed by atoms with E-state index in [0.29, 0.717) is 12.5 Å². The van der Waals surface area contributed by atoms with E-state index in [0.717, 1.165) is 68.3 Å². The SMILES string of the molecule is CCN1CCN(CCOc2ccccc2-c2cc(C3CC3)c3c(cnn3CC)n2)CC1. The van der Waals surface area contributed by atoms with Crippen LogP contribution in [0, 0.1) is 0 Å². The molecule has 0 amide bonds. The number of aryl methyl sites for hydroxylation is 1. The summed E-state index contributed by atoms with van der Waals surface area (Å²) >= 11 is 0. The normalized spacial score (nSPS) is 18.0. The van der Waals surface area contributed by atoms with Crippen molar-refractivity contribution < 1.29 is 4.74 Å². The minimum Gasteiger partial charge on any atom is -0.492 e. The first-order valence-electron chi connectivity index (χ1n) is 11.8. The van der Waals surface area contributed by atoms with Gasteiger partial charge in [-0.3, -0.25) is 9.58 Å². The number of benzene rings is 1. The van der Waals surface area contributed by atoms with E-state index in [1.54, 1.807) is 0 Å². The summed E-state index contributed by atoms with van der Waals surface area (Å²) < 4.78 is 8.37. The van der Waals surface area contributed by atoms with Crippen molar-refractivity contribution >= 4 is 11.0 Å². The molecule has 1 aromatic carbocycles. The van der Waals surface area contributed by atoms with Crippen LogP contribution < -0.4 is 4.74 Å². The van der Waals surface area contributed by atoms with Crippen molar-refractivity contribution in [3.63, 3.8) is 0 Å². The van der Waals surface area contributed by atoms with Crippen molar-refractivity contribution in [1.29, 1.82) is 0 Å². The summed E-state index contributed by atoms with van der Waals surface area (Å²) in [7, 11) is 0. The molecule has 5 rings (SSSR count). The number of piperazine rings is 1. The molecule has 0 spiro atoms. The third-order valence-electron chi connectivity index (χ3n) is 6.68. The van der Waals surface area contributed by atoms with Gasteiger partial charge in [-0.2, -0.15) is 5.10 Å². The first-order chi connectivity index (χ1) is 15.3. The Bertz CT molecular complexity index is 1030. The van der Waals surface area contributed by atoms with Crippen molar-refractivity contribution in [2.45, 2.75) is 39.2 Å². The largest absolute Gasteiger partial charge is 0.492 e. The molecule has 1 aliphatic carbocycles. The molecule has 2 aromatic heterocycles. The van der Waals surface area contributed by atoms with E-state index in [2.05, 4.69) is 57.7 Å². The molecular weight excluding hydrogens is 386 g/mol. The van der Waals surface area contributed by atoms with Gasteiger partial charge < -0.3 is 9.64 Å². The number of rotatable bonds is 8. The minimum absolute atomic E-state index is 0.640. The Hall–Kier alpha value is -2.44. The predicted molar refractivity (Wildman–Crippen MR) is 125 cm³/mol. The van der Waals surface area contributed by atoms with Gasteiger partial charge in [0.15, 0.2) is 0 Å². The van der Waals surface area contributed by atoms with Gasteiger partial charge in [0.05, 0.1) is 17.4 Å². The number of para-hydroxylation sites is 1. The lowest BCUT2D eigenvalue weighted by molar-refractivity contribution is 0.121. The highest BCUT2D eigenvalue weighted by Gasteiger charge is 2.28. The molecule has 2 aliphatic rings. The van der Waals surface area contributed by atoms with Crippen molar-refractivity contribution in [1.82, 2.24) is 24.6 Å². The van der Waals surface area contributed by atoms with Gasteiger partial charge in [-0.15, -0.1) is 0 Å². The van der Waals surface area contributed by atoms with E-state index in [4.69, 9.17) is 9.72 Å². The van der Waals surface area contributed by atoms with Crippen LogP contribution in [0.2, 0.25) is 0 Å². The third kappa shape index (κ3) is 4.32. The Kier molecular flexibility index (Phi) is 5.92. The van der Waals surface area contributed by atoms with E-state index < -0.39 is 0 Å². The molecule has 6 heteroatoms. The Morgan fingerprint density at radius 1 is 1.00 bits per heavy atom. The summed E-state index contributed by atoms with van der Waals surface area (Å²) in [6.45, 7) is 12.6. The molecule has 1 saturated carbocycles. The Labute approximate surface area is 184 Å². The fourth-order valence-electron chi connectivity index (χ4n) is 4.63. The number of hydrogen-bond donors (Lipinski definition) is 0. The molecule has 0 unspecified atom stereocenters. The third-order valence-corrected chi connectivity index (χ3v) is 6.68. The van der Waals surface area contributed by atoms with Gasteiger partial charge in [0, 0.05) is 44.8 Å². The van der Waals surface area contributed by atoms with Gasteiger partial charge in [0.1, 0.15) is 17.9 Å². The fourth-order valence-corrected chi connectivity index (χ4v) is 4.63. The lowest BCUT2D eigenvalue weighted by atomic mass is 10.0. The molecular formula is C25H33N5O. The molecule has 0 N–H and O–H groups in total. The molecule has 164 valence electrons. The molecule has 31 heavy (non-hydrogen) atoms. The second-order valence-corrected chi connectivity index (χ2v) is 8.69. The fraction of sp³-hybridized carbons (Fsp3) is 0.520. The summed E-state index contributed by atoms with van der Waals surface area (Å²) in [6, 6.07) is 10.6. The summed E-state index contributed by atoms with van der Waals surface area (Å²) in [6.07, 6.45) is 4.43. The summed E-state index contributed by atoms with van der Waals surface area (Å²) in [5.74, 6) is 1.56. The first kappa shape index (κ1) is 20.5. The second-order valence-electron chi connectivity index (χ2n) is 8.69. The highest BCUT2D eigenvalue weighted by Crippen LogP contribution is 2.44. The van der Waals surface area contributed by atoms with Crippen LogP contribution in [0.1, 0.15) is 38.2 Å². The van der Waals surface area contributed by atoms with Crippen LogP contribution in [0.3, 0.4) is 0 Å². The van der Waals surface area contributed by atoms with Crippen molar-refractivity contribution in [3.8, 4) is 17.0 Å². The maximum atomic E-state index is 6.29. The van der Waals surface area contributed by atoms with Gasteiger partial charge in [0.2, 0.25) is 0 Å². The molecule has 1 aliphatic heterocycles. The van der Waals surface area contributed by atoms with Gasteiger partial charge in [0.25, 0.3) is 0 Å². The van der Waals surface area contributed by atoms with Crippen LogP contribution >= 0.6 is 0 Å². The second kappa shape index (κ2) is 8.97. The molecule has 3 heterocycles. The van der Waals surface area contributed by atoms with E-state index in [1.165, 1.54) is 23.9 Å². The molecule has 3 aromatic rings. The van der Waals surface area contributed by atoms with Gasteiger partial charge in [-0.25, -0.2) is 4.98 Å². The van der Waals surface area contributed by atoms with Crippen LogP contribution in [0.4, 0.5) is 0 Å². The Balaban J connectivity index is 1.35. The van der Waals surface area contributed by atoms with Crippen LogP contribution in [0.5, 0.6) is 5.75 Å². The van der Waals surface area contributed by atoms with Crippen LogP contribution in [0.25, 0.3) is 22.3 Å². The number of aromatic nitrogens is 3. The number of hydrogen-bond acceptors (Lipinski definition) is 5. The Morgan fingerprint density at radius 3 is 2.52 bits per heavy atom. The molecule has 6 nitrogen and oxygen atoms in total. The number of pyridine rings is 1. The number of likely N-dealkylation sites (N-methyl/N-ethyl adjacent to an activating group) is 1. The van der Waals surface area contributed by atoms with Crippen molar-refractivity contribution in [2.24, 2.45) is 0 Å². The van der Waals surface area contributed by atoms with E-state index in [9.17, 15) is 0 Å². The van der Waals surface area contributed by atoms with Gasteiger partial charge in [-0.1, -0.05) is 19.1 Å². The average Bonchev–Trinajstić information content (AvgIpc) is 3.58. The number of nitrogens with zero attached hydrogens (tertiary/aromatic N) is 5. The summed E-state index contributed by atoms with van der Waals surface area (Å²) in [5.41, 5.74) is 5.66. The topological polar surface area (TPSA) is 46.4 Å². The maximum absolute atomic E-state index is 6.29. The zero-order valence-corrected chi connectivity index (χ0v) is 18.8. The van der Waals surface area contributed by atoms with Crippen molar-refractivity contribution in [2.75, 3.05) is 45.9 Å². The average molecular weight is 420 g/mol. The zero-order chi connectivity index (χ0) is 21.2. The van der Waals surface area contributed by atoms with Crippen LogP contribution in [-0.4, -0.2) is 70.4 Å². The zero-order valence-electron chi connectivity index (χ0n) is 18.8. The highest BCUT2D eigenvalue weighted by molar-refractivity contribution is 5.84. The molecule has 1 saturated heterocycles. The number of ether oxygens (including phenoxy) is 1. The maximum Gasteiger partial charge on any atom is 0.128 e. The van der Waals surface area contributed by atoms with E-state index in [1.807, 2.05) is 12.3 Å². The first-order valence-corrected chi connectivity index (χ1v) is 11.8. The quantitative estimate of drug-likeness (QED) is 0.552. The molecule has 2 fully saturated rings. The van der Waals surface area contributed by atoms with Crippen LogP contribution in [-0.2, 0) is 6.54 Å². The number of fused-ring (bicyclic) bond motifs is 1. The van der Waals surface area contributed by atoms with Crippen LogP contribution in [0.15, 0.2) is 36.5 Å². The summed E-state index contributed by atoms with van der Waals surface area (Å²) in [4.78, 5) is 9.99. The highest BCUT2D eigenvalue weighted by atomic mass is 16.5. The van der Waals surface area contributed by atoms with Gasteiger partial charge in [-0.05, 0) is 56.0 Å². The summed E-state index contributed by atoms with van der Waals surface area (Å²) in [5, 5.41) is 4.57. The lowest BCUT2D eigenvalue weighted by Gasteiger charge is -2.33. The van der Waals surface area contributed by atoms with Gasteiger partial charge >= 0.3 is 0 Å². The molecule has 0 radical (unpaired) electrons. The van der Waals surface area contributed by atoms with E-state index >= 15 is 0 Å². The standard InChI is InChI=1S/C25H33N5O/c1-3-28-11-13-29(14-12-28)15-16-31-24-8-6-5-7-20(24)22-17-21(19-9-10-19)25-23(27-22)18-26-30(25)4-2/h5-8,17-19H,3-4,9-16H2,1-2H3. The van der Waals surface area contributed by atoms with Crippen molar-refractivity contribution in [3.05, 3.63) is 42.1 Å². The molecule has 0 atom stereocenters.